The van der Waals surface area contributed by atoms with Gasteiger partial charge in [-0.05, 0) is 59.7 Å². The minimum absolute atomic E-state index is 0.297. The number of phosphoric acid groups is 1. The third kappa shape index (κ3) is 6.76. The molecule has 1 N–H and O–H groups in total. The Morgan fingerprint density at radius 1 is 0.725 bits per heavy atom. The summed E-state index contributed by atoms with van der Waals surface area (Å²) in [6.07, 6.45) is 5.23. The molecule has 0 spiro atoms. The van der Waals surface area contributed by atoms with Crippen molar-refractivity contribution < 1.29 is 18.2 Å². The first kappa shape index (κ1) is 26.3. The zero-order chi connectivity index (χ0) is 27.6. The van der Waals surface area contributed by atoms with Gasteiger partial charge in [0.05, 0.1) is 11.3 Å². The standard InChI is InChI=1S/C32H24N3O4P/c33-24-30(25-13-5-1-6-14-25)26-21-22-31(32(23-26)34-27-15-7-2-8-16-27)35-39-40(36,37-28-17-9-3-10-18-28)38-29-19-11-4-12-20-29/h1-23,34H/b30-26-,35-31+. The van der Waals surface area contributed by atoms with E-state index in [0.717, 1.165) is 11.3 Å². The molecule has 7 nitrogen and oxygen atoms in total. The summed E-state index contributed by atoms with van der Waals surface area (Å²) in [6, 6.07) is 38.4. The second-order valence-electron chi connectivity index (χ2n) is 8.50. The van der Waals surface area contributed by atoms with Crippen LogP contribution in [0.15, 0.2) is 156 Å². The number of anilines is 1. The van der Waals surface area contributed by atoms with Gasteiger partial charge in [-0.1, -0.05) is 96.2 Å². The predicted molar refractivity (Wildman–Crippen MR) is 157 cm³/mol. The molecule has 0 unspecified atom stereocenters. The fourth-order valence-corrected chi connectivity index (χ4v) is 4.87. The van der Waals surface area contributed by atoms with E-state index in [0.29, 0.717) is 34.1 Å². The van der Waals surface area contributed by atoms with E-state index in [2.05, 4.69) is 16.5 Å². The van der Waals surface area contributed by atoms with Crippen LogP contribution in [0.4, 0.5) is 5.69 Å². The van der Waals surface area contributed by atoms with Gasteiger partial charge in [-0.15, -0.1) is 0 Å². The maximum absolute atomic E-state index is 13.8. The van der Waals surface area contributed by atoms with Crippen LogP contribution in [0.2, 0.25) is 0 Å². The highest BCUT2D eigenvalue weighted by Crippen LogP contribution is 2.50. The molecular weight excluding hydrogens is 521 g/mol. The van der Waals surface area contributed by atoms with Gasteiger partial charge in [-0.3, -0.25) is 4.62 Å². The normalized spacial score (nSPS) is 15.0. The molecule has 0 atom stereocenters. The van der Waals surface area contributed by atoms with Crippen molar-refractivity contribution in [3.05, 3.63) is 156 Å². The van der Waals surface area contributed by atoms with Gasteiger partial charge in [-0.25, -0.2) is 0 Å². The average Bonchev–Trinajstić information content (AvgIpc) is 2.99. The van der Waals surface area contributed by atoms with Crippen LogP contribution in [0.1, 0.15) is 5.56 Å². The topological polar surface area (TPSA) is 92.9 Å². The first-order chi connectivity index (χ1) is 19.6. The third-order valence-electron chi connectivity index (χ3n) is 5.67. The number of allylic oxidation sites excluding steroid dienone is 5. The number of phosphoric ester groups is 1. The van der Waals surface area contributed by atoms with Crippen molar-refractivity contribution in [2.45, 2.75) is 0 Å². The molecule has 0 aliphatic heterocycles. The monoisotopic (exact) mass is 545 g/mol. The van der Waals surface area contributed by atoms with Crippen LogP contribution in [-0.2, 0) is 9.19 Å². The number of nitrogens with one attached hydrogen (secondary N) is 1. The van der Waals surface area contributed by atoms with Crippen molar-refractivity contribution in [3.8, 4) is 17.6 Å². The van der Waals surface area contributed by atoms with Crippen molar-refractivity contribution in [1.29, 1.82) is 5.26 Å². The summed E-state index contributed by atoms with van der Waals surface area (Å²) in [5.74, 6) is 0.595. The van der Waals surface area contributed by atoms with E-state index in [9.17, 15) is 9.83 Å². The van der Waals surface area contributed by atoms with Gasteiger partial charge in [0.15, 0.2) is 0 Å². The zero-order valence-electron chi connectivity index (χ0n) is 21.3. The number of rotatable bonds is 9. The SMILES string of the molecule is N#C/C(=C1C=C/C(=N\OP(=O)(Oc2ccccc2)Oc2ccccc2)C(Nc2ccccc2)=C\1)c1ccccc1. The molecule has 1 aliphatic carbocycles. The van der Waals surface area contributed by atoms with Gasteiger partial charge in [0, 0.05) is 5.69 Å². The lowest BCUT2D eigenvalue weighted by molar-refractivity contribution is 0.218. The molecule has 5 rings (SSSR count). The minimum Gasteiger partial charge on any atom is -0.385 e. The summed E-state index contributed by atoms with van der Waals surface area (Å²) in [5, 5.41) is 17.5. The first-order valence-corrected chi connectivity index (χ1v) is 13.9. The molecule has 1 aliphatic rings. The van der Waals surface area contributed by atoms with Crippen molar-refractivity contribution in [2.75, 3.05) is 5.32 Å². The molecule has 0 amide bonds. The van der Waals surface area contributed by atoms with Crippen molar-refractivity contribution >= 4 is 24.8 Å². The van der Waals surface area contributed by atoms with Crippen LogP contribution in [0.25, 0.3) is 5.57 Å². The van der Waals surface area contributed by atoms with Crippen LogP contribution < -0.4 is 14.4 Å². The highest BCUT2D eigenvalue weighted by Gasteiger charge is 2.34. The summed E-state index contributed by atoms with van der Waals surface area (Å²) in [4.78, 5) is 0. The summed E-state index contributed by atoms with van der Waals surface area (Å²) in [5.41, 5.74) is 3.60. The summed E-state index contributed by atoms with van der Waals surface area (Å²) in [7, 11) is -4.27. The molecule has 0 heterocycles. The van der Waals surface area contributed by atoms with E-state index < -0.39 is 7.82 Å². The molecule has 4 aromatic carbocycles. The van der Waals surface area contributed by atoms with Crippen LogP contribution >= 0.6 is 7.82 Å². The molecule has 0 saturated heterocycles. The fraction of sp³-hybridized carbons (Fsp3) is 0. The quantitative estimate of drug-likeness (QED) is 0.130. The smallest absolute Gasteiger partial charge is 0.385 e. The molecule has 0 aromatic heterocycles. The molecule has 0 radical (unpaired) electrons. The summed E-state index contributed by atoms with van der Waals surface area (Å²) < 4.78 is 30.7. The number of hydrogen-bond donors (Lipinski definition) is 1. The van der Waals surface area contributed by atoms with E-state index in [-0.39, 0.29) is 0 Å². The number of para-hydroxylation sites is 3. The zero-order valence-corrected chi connectivity index (χ0v) is 22.1. The molecule has 0 bridgehead atoms. The van der Waals surface area contributed by atoms with E-state index in [4.69, 9.17) is 13.7 Å². The second-order valence-corrected chi connectivity index (χ2v) is 9.93. The molecule has 8 heteroatoms. The van der Waals surface area contributed by atoms with Gasteiger partial charge in [0.25, 0.3) is 0 Å². The Bertz CT molecular complexity index is 1620. The largest absolute Gasteiger partial charge is 0.668 e. The Hall–Kier alpha value is -5.31. The Balaban J connectivity index is 1.51. The predicted octanol–water partition coefficient (Wildman–Crippen LogP) is 8.17. The molecule has 4 aromatic rings. The van der Waals surface area contributed by atoms with E-state index >= 15 is 0 Å². The minimum atomic E-state index is -4.27. The van der Waals surface area contributed by atoms with Gasteiger partial charge in [0.2, 0.25) is 0 Å². The van der Waals surface area contributed by atoms with Crippen LogP contribution in [-0.4, -0.2) is 5.71 Å². The molecule has 196 valence electrons. The Morgan fingerprint density at radius 3 is 1.80 bits per heavy atom. The van der Waals surface area contributed by atoms with Gasteiger partial charge in [0.1, 0.15) is 23.3 Å². The van der Waals surface area contributed by atoms with Gasteiger partial charge in [-0.2, -0.15) is 9.83 Å². The Morgan fingerprint density at radius 2 is 1.25 bits per heavy atom. The maximum atomic E-state index is 13.8. The van der Waals surface area contributed by atoms with E-state index in [1.54, 1.807) is 66.8 Å². The lowest BCUT2D eigenvalue weighted by atomic mass is 9.96. The molecular formula is C32H24N3O4P. The third-order valence-corrected chi connectivity index (χ3v) is 6.82. The Labute approximate surface area is 232 Å². The van der Waals surface area contributed by atoms with Gasteiger partial charge < -0.3 is 14.4 Å². The van der Waals surface area contributed by atoms with Crippen molar-refractivity contribution in [3.63, 3.8) is 0 Å². The highest BCUT2D eigenvalue weighted by molar-refractivity contribution is 7.49. The Kier molecular flexibility index (Phi) is 8.21. The summed E-state index contributed by atoms with van der Waals surface area (Å²) in [6.45, 7) is 0. The second kappa shape index (κ2) is 12.5. The molecule has 0 saturated carbocycles. The molecule has 40 heavy (non-hydrogen) atoms. The van der Waals surface area contributed by atoms with Crippen LogP contribution in [0, 0.1) is 11.3 Å². The highest BCUT2D eigenvalue weighted by atomic mass is 31.2. The summed E-state index contributed by atoms with van der Waals surface area (Å²) >= 11 is 0. The number of oxime groups is 1. The van der Waals surface area contributed by atoms with E-state index in [1.165, 1.54) is 0 Å². The first-order valence-electron chi connectivity index (χ1n) is 12.4. The lowest BCUT2D eigenvalue weighted by Crippen LogP contribution is -2.14. The van der Waals surface area contributed by atoms with Crippen molar-refractivity contribution in [1.82, 2.24) is 0 Å². The maximum Gasteiger partial charge on any atom is 0.668 e. The number of nitriles is 1. The lowest BCUT2D eigenvalue weighted by Gasteiger charge is -2.19. The number of hydrogen-bond acceptors (Lipinski definition) is 7. The molecule has 0 fully saturated rings. The van der Waals surface area contributed by atoms with E-state index in [1.807, 2.05) is 72.8 Å². The average molecular weight is 546 g/mol. The fourth-order valence-electron chi connectivity index (χ4n) is 3.82. The van der Waals surface area contributed by atoms with Crippen LogP contribution in [0.3, 0.4) is 0 Å². The number of nitrogens with zero attached hydrogens (tertiary/aromatic N) is 2. The van der Waals surface area contributed by atoms with Crippen molar-refractivity contribution in [2.24, 2.45) is 5.16 Å². The number of benzene rings is 4. The van der Waals surface area contributed by atoms with Crippen LogP contribution in [0.5, 0.6) is 11.5 Å². The van der Waals surface area contributed by atoms with Gasteiger partial charge >= 0.3 is 7.82 Å².